The van der Waals surface area contributed by atoms with Gasteiger partial charge in [0.15, 0.2) is 11.6 Å². The van der Waals surface area contributed by atoms with Gasteiger partial charge in [0.05, 0.1) is 5.57 Å². The van der Waals surface area contributed by atoms with E-state index in [4.69, 9.17) is 0 Å². The third-order valence-corrected chi connectivity index (χ3v) is 2.98. The van der Waals surface area contributed by atoms with Gasteiger partial charge in [-0.2, -0.15) is 0 Å². The van der Waals surface area contributed by atoms with E-state index in [0.29, 0.717) is 0 Å². The summed E-state index contributed by atoms with van der Waals surface area (Å²) in [5.41, 5.74) is 1.95. The minimum atomic E-state index is -0.282. The molecule has 0 aromatic heterocycles. The molecule has 0 spiro atoms. The van der Waals surface area contributed by atoms with Crippen LogP contribution in [-0.4, -0.2) is 11.6 Å². The molecular weight excluding hydrogens is 260 g/mol. The summed E-state index contributed by atoms with van der Waals surface area (Å²) in [4.78, 5) is 23.9. The Hall–Kier alpha value is -2.74. The van der Waals surface area contributed by atoms with Crippen LogP contribution in [-0.2, 0) is 9.59 Å². The largest absolute Gasteiger partial charge is 0.294 e. The van der Waals surface area contributed by atoms with Crippen molar-refractivity contribution < 1.29 is 9.59 Å². The number of benzene rings is 2. The van der Waals surface area contributed by atoms with Gasteiger partial charge >= 0.3 is 0 Å². The van der Waals surface area contributed by atoms with Crippen LogP contribution in [0.15, 0.2) is 72.3 Å². The van der Waals surface area contributed by atoms with Gasteiger partial charge in [-0.05, 0) is 30.2 Å². The van der Waals surface area contributed by atoms with E-state index >= 15 is 0 Å². The predicted molar refractivity (Wildman–Crippen MR) is 85.6 cm³/mol. The van der Waals surface area contributed by atoms with Gasteiger partial charge in [0.25, 0.3) is 0 Å². The topological polar surface area (TPSA) is 34.1 Å². The molecule has 2 nitrogen and oxygen atoms in total. The molecule has 0 unspecified atom stereocenters. The van der Waals surface area contributed by atoms with Gasteiger partial charge < -0.3 is 0 Å². The summed E-state index contributed by atoms with van der Waals surface area (Å²) < 4.78 is 0. The van der Waals surface area contributed by atoms with E-state index in [-0.39, 0.29) is 17.1 Å². The number of hydrogen-bond acceptors (Lipinski definition) is 2. The summed E-state index contributed by atoms with van der Waals surface area (Å²) in [5.74, 6) is -0.517. The predicted octanol–water partition coefficient (Wildman–Crippen LogP) is 3.94. The standard InChI is InChI=1S/C19H16O2/c1-15(20)18(14-17-10-6-3-7-11-17)19(21)13-12-16-8-4-2-5-9-16/h2-14H,1H3. The van der Waals surface area contributed by atoms with Crippen molar-refractivity contribution in [3.63, 3.8) is 0 Å². The molecule has 21 heavy (non-hydrogen) atoms. The molecule has 0 atom stereocenters. The summed E-state index contributed by atoms with van der Waals surface area (Å²) in [5, 5.41) is 0. The molecule has 0 aliphatic carbocycles. The highest BCUT2D eigenvalue weighted by Gasteiger charge is 2.11. The lowest BCUT2D eigenvalue weighted by Crippen LogP contribution is -2.07. The number of allylic oxidation sites excluding steroid dienone is 2. The van der Waals surface area contributed by atoms with Crippen molar-refractivity contribution >= 4 is 23.7 Å². The van der Waals surface area contributed by atoms with E-state index in [1.807, 2.05) is 60.7 Å². The second-order valence-corrected chi connectivity index (χ2v) is 4.63. The van der Waals surface area contributed by atoms with Crippen molar-refractivity contribution in [1.82, 2.24) is 0 Å². The van der Waals surface area contributed by atoms with E-state index in [9.17, 15) is 9.59 Å². The summed E-state index contributed by atoms with van der Waals surface area (Å²) >= 11 is 0. The molecule has 2 rings (SSSR count). The van der Waals surface area contributed by atoms with Crippen LogP contribution in [0.1, 0.15) is 18.1 Å². The van der Waals surface area contributed by atoms with Crippen LogP contribution < -0.4 is 0 Å². The Bertz CT molecular complexity index is 680. The second-order valence-electron chi connectivity index (χ2n) is 4.63. The molecule has 0 saturated carbocycles. The third-order valence-electron chi connectivity index (χ3n) is 2.98. The molecule has 2 aromatic carbocycles. The molecule has 0 heterocycles. The van der Waals surface area contributed by atoms with Crippen molar-refractivity contribution in [2.45, 2.75) is 6.92 Å². The number of carbonyl (C=O) groups is 2. The summed E-state index contributed by atoms with van der Waals surface area (Å²) in [6, 6.07) is 18.9. The summed E-state index contributed by atoms with van der Waals surface area (Å²) in [6.07, 6.45) is 4.77. The Morgan fingerprint density at radius 1 is 0.810 bits per heavy atom. The van der Waals surface area contributed by atoms with E-state index < -0.39 is 0 Å². The van der Waals surface area contributed by atoms with Crippen molar-refractivity contribution in [3.05, 3.63) is 83.4 Å². The van der Waals surface area contributed by atoms with Gasteiger partial charge in [-0.3, -0.25) is 9.59 Å². The minimum absolute atomic E-state index is 0.188. The number of rotatable bonds is 5. The normalized spacial score (nSPS) is 11.6. The van der Waals surface area contributed by atoms with Crippen LogP contribution in [0.2, 0.25) is 0 Å². The Labute approximate surface area is 124 Å². The quantitative estimate of drug-likeness (QED) is 0.471. The molecule has 2 aromatic rings. The first-order valence-corrected chi connectivity index (χ1v) is 6.72. The van der Waals surface area contributed by atoms with Crippen molar-refractivity contribution in [2.24, 2.45) is 0 Å². The zero-order valence-electron chi connectivity index (χ0n) is 11.8. The van der Waals surface area contributed by atoms with Gasteiger partial charge in [0, 0.05) is 0 Å². The van der Waals surface area contributed by atoms with Gasteiger partial charge in [-0.1, -0.05) is 66.7 Å². The first-order chi connectivity index (χ1) is 10.2. The van der Waals surface area contributed by atoms with Crippen LogP contribution in [0, 0.1) is 0 Å². The molecule has 0 radical (unpaired) electrons. The Balaban J connectivity index is 2.23. The summed E-state index contributed by atoms with van der Waals surface area (Å²) in [7, 11) is 0. The molecule has 0 N–H and O–H groups in total. The molecule has 0 fully saturated rings. The lowest BCUT2D eigenvalue weighted by molar-refractivity contribution is -0.118. The number of ketones is 2. The van der Waals surface area contributed by atoms with Crippen LogP contribution in [0.3, 0.4) is 0 Å². The maximum atomic E-state index is 12.2. The Morgan fingerprint density at radius 3 is 1.86 bits per heavy atom. The van der Waals surface area contributed by atoms with Gasteiger partial charge in [-0.15, -0.1) is 0 Å². The molecule has 0 aliphatic heterocycles. The molecule has 0 amide bonds. The molecule has 0 aliphatic rings. The van der Waals surface area contributed by atoms with Gasteiger partial charge in [-0.25, -0.2) is 0 Å². The molecular formula is C19H16O2. The number of hydrogen-bond donors (Lipinski definition) is 0. The van der Waals surface area contributed by atoms with E-state index in [1.54, 1.807) is 12.2 Å². The van der Waals surface area contributed by atoms with Gasteiger partial charge in [0.1, 0.15) is 0 Å². The highest BCUT2D eigenvalue weighted by Crippen LogP contribution is 2.10. The first-order valence-electron chi connectivity index (χ1n) is 6.72. The van der Waals surface area contributed by atoms with Crippen molar-refractivity contribution in [1.29, 1.82) is 0 Å². The van der Waals surface area contributed by atoms with Crippen LogP contribution >= 0.6 is 0 Å². The second kappa shape index (κ2) is 7.15. The highest BCUT2D eigenvalue weighted by molar-refractivity contribution is 6.27. The average Bonchev–Trinajstić information content (AvgIpc) is 2.52. The monoisotopic (exact) mass is 276 g/mol. The first kappa shape index (κ1) is 14.7. The van der Waals surface area contributed by atoms with E-state index in [0.717, 1.165) is 11.1 Å². The van der Waals surface area contributed by atoms with Crippen molar-refractivity contribution in [3.8, 4) is 0 Å². The molecule has 2 heteroatoms. The lowest BCUT2D eigenvalue weighted by Gasteiger charge is -2.00. The Kier molecular flexibility index (Phi) is 4.99. The SMILES string of the molecule is CC(=O)C(=Cc1ccccc1)C(=O)C=Cc1ccccc1. The minimum Gasteiger partial charge on any atom is -0.294 e. The zero-order chi connectivity index (χ0) is 15.1. The highest BCUT2D eigenvalue weighted by atomic mass is 16.1. The Morgan fingerprint density at radius 2 is 1.33 bits per heavy atom. The third kappa shape index (κ3) is 4.39. The summed E-state index contributed by atoms with van der Waals surface area (Å²) in [6.45, 7) is 1.41. The van der Waals surface area contributed by atoms with Crippen LogP contribution in [0.4, 0.5) is 0 Å². The fraction of sp³-hybridized carbons (Fsp3) is 0.0526. The molecule has 0 bridgehead atoms. The van der Waals surface area contributed by atoms with Crippen molar-refractivity contribution in [2.75, 3.05) is 0 Å². The molecule has 0 saturated heterocycles. The number of Topliss-reactive ketones (excluding diaryl/α,β-unsaturated/α-hetero) is 1. The maximum absolute atomic E-state index is 12.2. The fourth-order valence-corrected chi connectivity index (χ4v) is 1.89. The lowest BCUT2D eigenvalue weighted by atomic mass is 10.0. The molecule has 104 valence electrons. The van der Waals surface area contributed by atoms with E-state index in [1.165, 1.54) is 13.0 Å². The van der Waals surface area contributed by atoms with Gasteiger partial charge in [0.2, 0.25) is 0 Å². The number of carbonyl (C=O) groups excluding carboxylic acids is 2. The zero-order valence-corrected chi connectivity index (χ0v) is 11.8. The van der Waals surface area contributed by atoms with Crippen LogP contribution in [0.25, 0.3) is 12.2 Å². The van der Waals surface area contributed by atoms with Crippen LogP contribution in [0.5, 0.6) is 0 Å². The smallest absolute Gasteiger partial charge is 0.189 e. The fourth-order valence-electron chi connectivity index (χ4n) is 1.89. The van der Waals surface area contributed by atoms with E-state index in [2.05, 4.69) is 0 Å². The maximum Gasteiger partial charge on any atom is 0.189 e. The average molecular weight is 276 g/mol.